The van der Waals surface area contributed by atoms with Crippen molar-refractivity contribution in [1.82, 2.24) is 19.4 Å². The molecule has 27 heavy (non-hydrogen) atoms. The first-order chi connectivity index (χ1) is 12.9. The van der Waals surface area contributed by atoms with Gasteiger partial charge in [-0.1, -0.05) is 17.7 Å². The maximum atomic E-state index is 13.4. The molecule has 1 aliphatic heterocycles. The lowest BCUT2D eigenvalue weighted by Gasteiger charge is -2.30. The van der Waals surface area contributed by atoms with Crippen LogP contribution in [0.1, 0.15) is 31.2 Å². The molecule has 0 bridgehead atoms. The molecule has 1 aromatic carbocycles. The van der Waals surface area contributed by atoms with Gasteiger partial charge >= 0.3 is 0 Å². The third-order valence-electron chi connectivity index (χ3n) is 4.88. The van der Waals surface area contributed by atoms with Crippen LogP contribution in [0.25, 0.3) is 0 Å². The molecule has 0 N–H and O–H groups in total. The van der Waals surface area contributed by atoms with Gasteiger partial charge in [0.15, 0.2) is 0 Å². The molecule has 2 heterocycles. The number of amides is 2. The molecule has 0 radical (unpaired) electrons. The molecule has 1 fully saturated rings. The molecule has 1 atom stereocenters. The predicted molar refractivity (Wildman–Crippen MR) is 99.3 cm³/mol. The number of carbonyl (C=O) groups excluding carboxylic acids is 2. The normalized spacial score (nSPS) is 16.6. The molecule has 2 amide bonds. The van der Waals surface area contributed by atoms with Crippen LogP contribution in [-0.4, -0.2) is 43.8 Å². The van der Waals surface area contributed by atoms with Crippen LogP contribution >= 0.6 is 11.6 Å². The number of likely N-dealkylation sites (tertiary alicyclic amines) is 1. The van der Waals surface area contributed by atoms with Gasteiger partial charge in [0.2, 0.25) is 11.8 Å². The van der Waals surface area contributed by atoms with Crippen LogP contribution in [0.2, 0.25) is 5.02 Å². The number of imidazole rings is 1. The lowest BCUT2D eigenvalue weighted by atomic mass is 10.1. The van der Waals surface area contributed by atoms with Gasteiger partial charge in [-0.15, -0.1) is 0 Å². The fourth-order valence-corrected chi connectivity index (χ4v) is 3.62. The molecule has 0 spiro atoms. The Morgan fingerprint density at radius 1 is 1.37 bits per heavy atom. The standard InChI is InChI=1S/C19H22ClFN4O2/c1-13(26)25-8-3-4-17(25)19(27)24(12-18-22-7-9-23(18)2)11-14-5-6-15(21)10-16(14)20/h5-7,9-10,17H,3-4,8,11-12H2,1-2H3. The minimum absolute atomic E-state index is 0.109. The zero-order valence-corrected chi connectivity index (χ0v) is 16.1. The van der Waals surface area contributed by atoms with Crippen LogP contribution in [0, 0.1) is 5.82 Å². The van der Waals surface area contributed by atoms with E-state index in [0.717, 1.165) is 6.42 Å². The van der Waals surface area contributed by atoms with E-state index in [2.05, 4.69) is 4.98 Å². The summed E-state index contributed by atoms with van der Waals surface area (Å²) in [5.74, 6) is 0.0342. The van der Waals surface area contributed by atoms with Gasteiger partial charge in [-0.3, -0.25) is 9.59 Å². The quantitative estimate of drug-likeness (QED) is 0.786. The van der Waals surface area contributed by atoms with Gasteiger partial charge in [-0.2, -0.15) is 0 Å². The molecular weight excluding hydrogens is 371 g/mol. The van der Waals surface area contributed by atoms with Gasteiger partial charge in [0.25, 0.3) is 0 Å². The highest BCUT2D eigenvalue weighted by Gasteiger charge is 2.35. The number of hydrogen-bond donors (Lipinski definition) is 0. The average molecular weight is 393 g/mol. The summed E-state index contributed by atoms with van der Waals surface area (Å²) in [5.41, 5.74) is 0.646. The second kappa shape index (κ2) is 8.08. The highest BCUT2D eigenvalue weighted by atomic mass is 35.5. The van der Waals surface area contributed by atoms with Crippen LogP contribution in [0.15, 0.2) is 30.6 Å². The largest absolute Gasteiger partial charge is 0.337 e. The zero-order valence-electron chi connectivity index (χ0n) is 15.4. The van der Waals surface area contributed by atoms with E-state index in [1.807, 2.05) is 11.6 Å². The molecule has 1 aliphatic rings. The van der Waals surface area contributed by atoms with Crippen LogP contribution in [0.3, 0.4) is 0 Å². The first kappa shape index (κ1) is 19.4. The molecule has 3 rings (SSSR count). The van der Waals surface area contributed by atoms with E-state index in [1.165, 1.54) is 19.1 Å². The first-order valence-electron chi connectivity index (χ1n) is 8.83. The Morgan fingerprint density at radius 3 is 2.78 bits per heavy atom. The molecule has 1 unspecified atom stereocenters. The van der Waals surface area contributed by atoms with Gasteiger partial charge in [-0.25, -0.2) is 9.37 Å². The number of hydrogen-bond acceptors (Lipinski definition) is 3. The van der Waals surface area contributed by atoms with Crippen LogP contribution in [-0.2, 0) is 29.7 Å². The highest BCUT2D eigenvalue weighted by Crippen LogP contribution is 2.24. The van der Waals surface area contributed by atoms with E-state index < -0.39 is 11.9 Å². The Labute approximate surface area is 162 Å². The minimum atomic E-state index is -0.484. The summed E-state index contributed by atoms with van der Waals surface area (Å²) < 4.78 is 15.2. The Balaban J connectivity index is 1.88. The van der Waals surface area contributed by atoms with Crippen molar-refractivity contribution in [2.45, 2.75) is 38.9 Å². The Kier molecular flexibility index (Phi) is 5.79. The first-order valence-corrected chi connectivity index (χ1v) is 9.20. The summed E-state index contributed by atoms with van der Waals surface area (Å²) in [4.78, 5) is 32.7. The van der Waals surface area contributed by atoms with Crippen LogP contribution in [0.5, 0.6) is 0 Å². The molecule has 1 aromatic heterocycles. The van der Waals surface area contributed by atoms with Gasteiger partial charge in [0.1, 0.15) is 17.7 Å². The number of nitrogens with zero attached hydrogens (tertiary/aromatic N) is 4. The van der Waals surface area contributed by atoms with Crippen molar-refractivity contribution in [1.29, 1.82) is 0 Å². The number of halogens is 2. The fourth-order valence-electron chi connectivity index (χ4n) is 3.40. The number of carbonyl (C=O) groups is 2. The summed E-state index contributed by atoms with van der Waals surface area (Å²) in [5, 5.41) is 0.266. The van der Waals surface area contributed by atoms with Crippen molar-refractivity contribution in [3.8, 4) is 0 Å². The van der Waals surface area contributed by atoms with Crippen LogP contribution in [0.4, 0.5) is 4.39 Å². The summed E-state index contributed by atoms with van der Waals surface area (Å²) in [6.45, 7) is 2.55. The zero-order chi connectivity index (χ0) is 19.6. The smallest absolute Gasteiger partial charge is 0.246 e. The van der Waals surface area contributed by atoms with E-state index in [9.17, 15) is 14.0 Å². The fraction of sp³-hybridized carbons (Fsp3) is 0.421. The minimum Gasteiger partial charge on any atom is -0.337 e. The van der Waals surface area contributed by atoms with E-state index in [0.29, 0.717) is 24.4 Å². The summed E-state index contributed by atoms with van der Waals surface area (Å²) in [7, 11) is 1.85. The topological polar surface area (TPSA) is 58.4 Å². The maximum absolute atomic E-state index is 13.4. The van der Waals surface area contributed by atoms with Gasteiger partial charge < -0.3 is 14.4 Å². The van der Waals surface area contributed by atoms with Crippen molar-refractivity contribution in [3.63, 3.8) is 0 Å². The van der Waals surface area contributed by atoms with E-state index in [1.54, 1.807) is 28.3 Å². The van der Waals surface area contributed by atoms with Crippen LogP contribution < -0.4 is 0 Å². The summed E-state index contributed by atoms with van der Waals surface area (Å²) in [6, 6.07) is 3.65. The lowest BCUT2D eigenvalue weighted by molar-refractivity contribution is -0.143. The number of aryl methyl sites for hydroxylation is 1. The number of aromatic nitrogens is 2. The second-order valence-electron chi connectivity index (χ2n) is 6.75. The van der Waals surface area contributed by atoms with Crippen molar-refractivity contribution >= 4 is 23.4 Å². The van der Waals surface area contributed by atoms with Crippen molar-refractivity contribution in [2.24, 2.45) is 7.05 Å². The molecule has 0 aliphatic carbocycles. The van der Waals surface area contributed by atoms with E-state index in [4.69, 9.17) is 11.6 Å². The Morgan fingerprint density at radius 2 is 2.15 bits per heavy atom. The number of rotatable bonds is 5. The molecule has 144 valence electrons. The third-order valence-corrected chi connectivity index (χ3v) is 5.24. The van der Waals surface area contributed by atoms with Gasteiger partial charge in [0, 0.05) is 44.5 Å². The summed E-state index contributed by atoms with van der Waals surface area (Å²) in [6.07, 6.45) is 4.90. The Hall–Kier alpha value is -2.41. The van der Waals surface area contributed by atoms with Crippen molar-refractivity contribution in [2.75, 3.05) is 6.54 Å². The maximum Gasteiger partial charge on any atom is 0.246 e. The average Bonchev–Trinajstić information content (AvgIpc) is 3.25. The summed E-state index contributed by atoms with van der Waals surface area (Å²) >= 11 is 6.17. The Bertz CT molecular complexity index is 854. The van der Waals surface area contributed by atoms with Gasteiger partial charge in [0.05, 0.1) is 6.54 Å². The second-order valence-corrected chi connectivity index (χ2v) is 7.16. The molecule has 2 aromatic rings. The molecule has 8 heteroatoms. The molecule has 6 nitrogen and oxygen atoms in total. The molecular formula is C19H22ClFN4O2. The van der Waals surface area contributed by atoms with Crippen molar-refractivity contribution < 1.29 is 14.0 Å². The predicted octanol–water partition coefficient (Wildman–Crippen LogP) is 2.75. The monoisotopic (exact) mass is 392 g/mol. The third kappa shape index (κ3) is 4.30. The lowest BCUT2D eigenvalue weighted by Crippen LogP contribution is -2.47. The molecule has 1 saturated heterocycles. The van der Waals surface area contributed by atoms with Crippen molar-refractivity contribution in [3.05, 3.63) is 52.8 Å². The van der Waals surface area contributed by atoms with Gasteiger partial charge in [-0.05, 0) is 30.5 Å². The van der Waals surface area contributed by atoms with E-state index in [-0.39, 0.29) is 29.9 Å². The SMILES string of the molecule is CC(=O)N1CCCC1C(=O)N(Cc1ccc(F)cc1Cl)Cc1nccn1C. The highest BCUT2D eigenvalue weighted by molar-refractivity contribution is 6.31. The van der Waals surface area contributed by atoms with E-state index >= 15 is 0 Å². The number of benzene rings is 1. The molecule has 0 saturated carbocycles.